The summed E-state index contributed by atoms with van der Waals surface area (Å²) in [5.74, 6) is 0. The van der Waals surface area contributed by atoms with E-state index in [1.54, 1.807) is 0 Å². The van der Waals surface area contributed by atoms with E-state index in [-0.39, 0.29) is 0 Å². The molecular weight excluding hydrogens is 148 g/mol. The summed E-state index contributed by atoms with van der Waals surface area (Å²) in [6, 6.07) is 10.3. The number of hydrogen-bond acceptors (Lipinski definition) is 0. The average Bonchev–Trinajstić information content (AvgIpc) is 2.06. The molecule has 0 saturated heterocycles. The smallest absolute Gasteiger partial charge is 0.0384 e. The molecule has 0 spiro atoms. The lowest BCUT2D eigenvalue weighted by molar-refractivity contribution is 1.66. The van der Waals surface area contributed by atoms with Gasteiger partial charge in [0.2, 0.25) is 0 Å². The van der Waals surface area contributed by atoms with Crippen molar-refractivity contribution in [3.05, 3.63) is 53.7 Å². The highest BCUT2D eigenvalue weighted by Gasteiger charge is 1.83. The topological polar surface area (TPSA) is 0 Å². The second-order valence-electron chi connectivity index (χ2n) is 2.50. The lowest BCUT2D eigenvalue weighted by Gasteiger charge is -1.92. The van der Waals surface area contributed by atoms with Crippen LogP contribution in [0.4, 0.5) is 0 Å². The Morgan fingerprint density at radius 3 is 2.45 bits per heavy atom. The molecule has 0 aliphatic heterocycles. The molecule has 0 aliphatic carbocycles. The van der Waals surface area contributed by atoms with Crippen LogP contribution in [0.15, 0.2) is 48.2 Å². The highest BCUT2D eigenvalue weighted by atomic mass is 28.1. The summed E-state index contributed by atoms with van der Waals surface area (Å²) < 4.78 is 0. The van der Waals surface area contributed by atoms with Crippen molar-refractivity contribution >= 4 is 16.3 Å². The molecule has 0 heterocycles. The summed E-state index contributed by atoms with van der Waals surface area (Å²) in [7, 11) is 1.07. The number of rotatable bonds is 2. The molecule has 56 valence electrons. The molecule has 1 rings (SSSR count). The Morgan fingerprint density at radius 1 is 1.27 bits per heavy atom. The third-order valence-electron chi connectivity index (χ3n) is 1.52. The Kier molecular flexibility index (Phi) is 2.87. The maximum absolute atomic E-state index is 3.72. The number of hydrogen-bond donors (Lipinski definition) is 0. The fourth-order valence-electron chi connectivity index (χ4n) is 0.871. The van der Waals surface area contributed by atoms with E-state index in [9.17, 15) is 0 Å². The Balaban J connectivity index is 2.87. The average molecular weight is 160 g/mol. The maximum Gasteiger partial charge on any atom is 0.0384 e. The summed E-state index contributed by atoms with van der Waals surface area (Å²) in [6.45, 7) is 3.72. The largest absolute Gasteiger partial charge is 0.0992 e. The molecule has 11 heavy (non-hydrogen) atoms. The Labute approximate surface area is 70.7 Å². The van der Waals surface area contributed by atoms with Gasteiger partial charge in [-0.05, 0) is 5.56 Å². The molecule has 0 aromatic heterocycles. The molecule has 0 atom stereocenters. The van der Waals surface area contributed by atoms with Crippen molar-refractivity contribution in [1.29, 1.82) is 0 Å². The van der Waals surface area contributed by atoms with Crippen molar-refractivity contribution in [2.45, 2.75) is 0 Å². The second kappa shape index (κ2) is 3.94. The van der Waals surface area contributed by atoms with Crippen molar-refractivity contribution in [1.82, 2.24) is 0 Å². The van der Waals surface area contributed by atoms with Crippen LogP contribution in [0.3, 0.4) is 0 Å². The molecule has 0 amide bonds. The van der Waals surface area contributed by atoms with Gasteiger partial charge < -0.3 is 0 Å². The quantitative estimate of drug-likeness (QED) is 0.455. The Bertz CT molecular complexity index is 259. The fourth-order valence-corrected chi connectivity index (χ4v) is 1.20. The molecule has 0 radical (unpaired) electrons. The monoisotopic (exact) mass is 160 g/mol. The maximum atomic E-state index is 3.72. The number of allylic oxidation sites excluding steroid dienone is 2. The normalized spacial score (nSPS) is 11.5. The van der Waals surface area contributed by atoms with Gasteiger partial charge in [0.05, 0.1) is 0 Å². The van der Waals surface area contributed by atoms with E-state index in [0.717, 1.165) is 10.2 Å². The van der Waals surface area contributed by atoms with E-state index in [2.05, 4.69) is 24.8 Å². The minimum Gasteiger partial charge on any atom is -0.0992 e. The first-order valence-corrected chi connectivity index (χ1v) is 4.68. The highest BCUT2D eigenvalue weighted by Crippen LogP contribution is 2.03. The molecule has 1 heteroatoms. The van der Waals surface area contributed by atoms with Crippen molar-refractivity contribution in [3.63, 3.8) is 0 Å². The van der Waals surface area contributed by atoms with Crippen LogP contribution in [0.5, 0.6) is 0 Å². The van der Waals surface area contributed by atoms with E-state index in [0.29, 0.717) is 0 Å². The molecule has 0 aliphatic rings. The van der Waals surface area contributed by atoms with E-state index >= 15 is 0 Å². The molecule has 0 N–H and O–H groups in total. The molecule has 0 fully saturated rings. The second-order valence-corrected chi connectivity index (χ2v) is 3.66. The molecule has 0 unspecified atom stereocenters. The van der Waals surface area contributed by atoms with Gasteiger partial charge in [0.15, 0.2) is 0 Å². The van der Waals surface area contributed by atoms with Gasteiger partial charge in [0.1, 0.15) is 0 Å². The predicted molar refractivity (Wildman–Crippen MR) is 54.6 cm³/mol. The molecule has 0 nitrogen and oxygen atoms in total. The van der Waals surface area contributed by atoms with Gasteiger partial charge in [-0.15, -0.1) is 0 Å². The highest BCUT2D eigenvalue weighted by molar-refractivity contribution is 6.25. The van der Waals surface area contributed by atoms with Crippen LogP contribution in [-0.2, 0) is 0 Å². The Morgan fingerprint density at radius 2 is 1.91 bits per heavy atom. The van der Waals surface area contributed by atoms with Crippen molar-refractivity contribution < 1.29 is 0 Å². The van der Waals surface area contributed by atoms with E-state index < -0.39 is 0 Å². The SMILES string of the molecule is C=CC([SiH3])=Cc1ccccc1. The van der Waals surface area contributed by atoms with Crippen LogP contribution in [0, 0.1) is 0 Å². The summed E-state index contributed by atoms with van der Waals surface area (Å²) in [6.07, 6.45) is 4.08. The third kappa shape index (κ3) is 2.56. The molecule has 0 bridgehead atoms. The van der Waals surface area contributed by atoms with Crippen LogP contribution < -0.4 is 0 Å². The molecule has 1 aromatic carbocycles. The van der Waals surface area contributed by atoms with E-state index in [1.807, 2.05) is 24.3 Å². The molecule has 0 saturated carbocycles. The van der Waals surface area contributed by atoms with Gasteiger partial charge in [-0.3, -0.25) is 0 Å². The van der Waals surface area contributed by atoms with Gasteiger partial charge in [0, 0.05) is 10.2 Å². The summed E-state index contributed by atoms with van der Waals surface area (Å²) in [4.78, 5) is 0. The lowest BCUT2D eigenvalue weighted by Crippen LogP contribution is -1.75. The van der Waals surface area contributed by atoms with Gasteiger partial charge in [0.25, 0.3) is 0 Å². The first kappa shape index (κ1) is 8.02. The van der Waals surface area contributed by atoms with Crippen LogP contribution >= 0.6 is 0 Å². The molecular formula is C10H12Si. The predicted octanol–water partition coefficient (Wildman–Crippen LogP) is 1.58. The zero-order valence-corrected chi connectivity index (χ0v) is 8.75. The van der Waals surface area contributed by atoms with E-state index in [1.165, 1.54) is 10.8 Å². The fraction of sp³-hybridized carbons (Fsp3) is 0. The van der Waals surface area contributed by atoms with Crippen LogP contribution in [0.2, 0.25) is 0 Å². The van der Waals surface area contributed by atoms with Crippen LogP contribution in [-0.4, -0.2) is 10.2 Å². The van der Waals surface area contributed by atoms with Gasteiger partial charge in [-0.1, -0.05) is 54.3 Å². The van der Waals surface area contributed by atoms with Crippen LogP contribution in [0.1, 0.15) is 5.56 Å². The van der Waals surface area contributed by atoms with Crippen LogP contribution in [0.25, 0.3) is 6.08 Å². The van der Waals surface area contributed by atoms with Gasteiger partial charge >= 0.3 is 0 Å². The summed E-state index contributed by atoms with van der Waals surface area (Å²) in [5, 5.41) is 1.33. The van der Waals surface area contributed by atoms with Crippen molar-refractivity contribution in [2.75, 3.05) is 0 Å². The minimum atomic E-state index is 1.07. The van der Waals surface area contributed by atoms with Crippen molar-refractivity contribution in [2.24, 2.45) is 0 Å². The summed E-state index contributed by atoms with van der Waals surface area (Å²) in [5.41, 5.74) is 1.26. The van der Waals surface area contributed by atoms with Gasteiger partial charge in [-0.2, -0.15) is 0 Å². The molecule has 1 aromatic rings. The van der Waals surface area contributed by atoms with Gasteiger partial charge in [-0.25, -0.2) is 0 Å². The zero-order chi connectivity index (χ0) is 8.10. The standard InChI is InChI=1S/C10H12Si/c1-2-10(11)8-9-6-4-3-5-7-9/h2-8H,1H2,11H3. The third-order valence-corrected chi connectivity index (χ3v) is 2.21. The Hall–Kier alpha value is -1.08. The minimum absolute atomic E-state index is 1.07. The van der Waals surface area contributed by atoms with Crippen molar-refractivity contribution in [3.8, 4) is 0 Å². The lowest BCUT2D eigenvalue weighted by atomic mass is 10.2. The first-order valence-electron chi connectivity index (χ1n) is 3.68. The first-order chi connectivity index (χ1) is 5.33. The zero-order valence-electron chi connectivity index (χ0n) is 6.75. The summed E-state index contributed by atoms with van der Waals surface area (Å²) >= 11 is 0. The number of benzene rings is 1. The van der Waals surface area contributed by atoms with E-state index in [4.69, 9.17) is 0 Å².